The second kappa shape index (κ2) is 4.63. The molecule has 0 radical (unpaired) electrons. The lowest BCUT2D eigenvalue weighted by Gasteiger charge is -2.24. The number of allylic oxidation sites excluding steroid dienone is 1. The van der Waals surface area contributed by atoms with Crippen molar-refractivity contribution in [1.29, 1.82) is 0 Å². The number of hydrogen-bond acceptors (Lipinski definition) is 2. The van der Waals surface area contributed by atoms with E-state index in [1.165, 1.54) is 0 Å². The highest BCUT2D eigenvalue weighted by molar-refractivity contribution is 4.96. The summed E-state index contributed by atoms with van der Waals surface area (Å²) in [4.78, 5) is 0. The zero-order valence-corrected chi connectivity index (χ0v) is 8.41. The first-order valence-electron chi connectivity index (χ1n) is 4.39. The van der Waals surface area contributed by atoms with Crippen LogP contribution < -0.4 is 0 Å². The Bertz CT molecular complexity index is 142. The summed E-state index contributed by atoms with van der Waals surface area (Å²) in [6, 6.07) is 0. The van der Waals surface area contributed by atoms with Crippen LogP contribution in [0.4, 0.5) is 0 Å². The van der Waals surface area contributed by atoms with Gasteiger partial charge in [0.15, 0.2) is 0 Å². The molecule has 0 amide bonds. The molecule has 0 spiro atoms. The Morgan fingerprint density at radius 3 is 2.00 bits per heavy atom. The molecule has 72 valence electrons. The highest BCUT2D eigenvalue weighted by atomic mass is 16.3. The van der Waals surface area contributed by atoms with E-state index in [1.807, 2.05) is 12.2 Å². The molecule has 0 aromatic heterocycles. The predicted octanol–water partition coefficient (Wildman–Crippen LogP) is 1.58. The number of aliphatic hydroxyl groups excluding tert-OH is 1. The topological polar surface area (TPSA) is 40.5 Å². The van der Waals surface area contributed by atoms with Crippen molar-refractivity contribution in [2.45, 2.75) is 33.3 Å². The minimum atomic E-state index is -0.833. The summed E-state index contributed by atoms with van der Waals surface area (Å²) in [5, 5.41) is 18.5. The van der Waals surface area contributed by atoms with E-state index in [4.69, 9.17) is 5.11 Å². The molecule has 0 bridgehead atoms. The minimum Gasteiger partial charge on any atom is -0.396 e. The van der Waals surface area contributed by atoms with Gasteiger partial charge in [0.05, 0.1) is 12.2 Å². The summed E-state index contributed by atoms with van der Waals surface area (Å²) < 4.78 is 0. The highest BCUT2D eigenvalue weighted by Crippen LogP contribution is 2.17. The maximum atomic E-state index is 9.58. The van der Waals surface area contributed by atoms with Gasteiger partial charge in [0, 0.05) is 5.92 Å². The van der Waals surface area contributed by atoms with Gasteiger partial charge in [-0.05, 0) is 19.8 Å². The predicted molar refractivity (Wildman–Crippen MR) is 50.9 cm³/mol. The Labute approximate surface area is 74.9 Å². The van der Waals surface area contributed by atoms with Crippen molar-refractivity contribution in [3.63, 3.8) is 0 Å². The first kappa shape index (κ1) is 11.7. The fourth-order valence-corrected chi connectivity index (χ4v) is 0.876. The normalized spacial score (nSPS) is 15.9. The lowest BCUT2D eigenvalue weighted by atomic mass is 9.91. The Morgan fingerprint density at radius 2 is 1.75 bits per heavy atom. The summed E-state index contributed by atoms with van der Waals surface area (Å²) in [6.45, 7) is 7.54. The van der Waals surface area contributed by atoms with Crippen LogP contribution in [0, 0.1) is 11.8 Å². The van der Waals surface area contributed by atoms with E-state index < -0.39 is 5.60 Å². The second-order valence-electron chi connectivity index (χ2n) is 4.07. The van der Waals surface area contributed by atoms with Crippen molar-refractivity contribution < 1.29 is 10.2 Å². The molecular formula is C10H20O2. The monoisotopic (exact) mass is 172 g/mol. The van der Waals surface area contributed by atoms with Crippen LogP contribution in [0.3, 0.4) is 0 Å². The van der Waals surface area contributed by atoms with Gasteiger partial charge < -0.3 is 10.2 Å². The average molecular weight is 172 g/mol. The van der Waals surface area contributed by atoms with Gasteiger partial charge in [-0.1, -0.05) is 26.0 Å². The van der Waals surface area contributed by atoms with E-state index in [9.17, 15) is 5.11 Å². The summed E-state index contributed by atoms with van der Waals surface area (Å²) in [6.07, 6.45) is 3.88. The van der Waals surface area contributed by atoms with Gasteiger partial charge in [0.25, 0.3) is 0 Å². The third-order valence-corrected chi connectivity index (χ3v) is 1.83. The van der Waals surface area contributed by atoms with E-state index in [0.29, 0.717) is 5.92 Å². The fourth-order valence-electron chi connectivity index (χ4n) is 0.876. The Hall–Kier alpha value is -0.340. The summed E-state index contributed by atoms with van der Waals surface area (Å²) in [7, 11) is 0. The molecule has 2 heteroatoms. The van der Waals surface area contributed by atoms with E-state index >= 15 is 0 Å². The molecule has 0 aliphatic rings. The zero-order valence-electron chi connectivity index (χ0n) is 8.41. The molecule has 0 aromatic rings. The van der Waals surface area contributed by atoms with Crippen LogP contribution in [0.25, 0.3) is 0 Å². The number of hydrogen-bond donors (Lipinski definition) is 2. The zero-order chi connectivity index (χ0) is 9.78. The molecule has 2 N–H and O–H groups in total. The molecule has 2 nitrogen and oxygen atoms in total. The van der Waals surface area contributed by atoms with Crippen molar-refractivity contribution in [1.82, 2.24) is 0 Å². The SMILES string of the molecule is CC(C)/C=C/C(CO)C(C)(C)O. The molecule has 0 saturated heterocycles. The Kier molecular flexibility index (Phi) is 4.50. The van der Waals surface area contributed by atoms with Gasteiger partial charge in [0.1, 0.15) is 0 Å². The van der Waals surface area contributed by atoms with E-state index in [2.05, 4.69) is 13.8 Å². The molecular weight excluding hydrogens is 152 g/mol. The van der Waals surface area contributed by atoms with Crippen molar-refractivity contribution in [2.75, 3.05) is 6.61 Å². The minimum absolute atomic E-state index is 0.00722. The molecule has 0 aliphatic heterocycles. The van der Waals surface area contributed by atoms with Gasteiger partial charge in [-0.25, -0.2) is 0 Å². The molecule has 0 rings (SSSR count). The molecule has 0 saturated carbocycles. The lowest BCUT2D eigenvalue weighted by molar-refractivity contribution is 0.0131. The molecule has 1 atom stereocenters. The van der Waals surface area contributed by atoms with Gasteiger partial charge in [-0.15, -0.1) is 0 Å². The molecule has 0 fully saturated rings. The highest BCUT2D eigenvalue weighted by Gasteiger charge is 2.23. The molecule has 1 unspecified atom stereocenters. The standard InChI is InChI=1S/C10H20O2/c1-8(2)5-6-9(7-11)10(3,4)12/h5-6,8-9,11-12H,7H2,1-4H3/b6-5+. The van der Waals surface area contributed by atoms with E-state index in [1.54, 1.807) is 13.8 Å². The van der Waals surface area contributed by atoms with Crippen molar-refractivity contribution >= 4 is 0 Å². The Balaban J connectivity index is 4.18. The van der Waals surface area contributed by atoms with Crippen LogP contribution in [-0.4, -0.2) is 22.4 Å². The van der Waals surface area contributed by atoms with Crippen LogP contribution >= 0.6 is 0 Å². The maximum Gasteiger partial charge on any atom is 0.0676 e. The van der Waals surface area contributed by atoms with E-state index in [0.717, 1.165) is 0 Å². The molecule has 0 aliphatic carbocycles. The molecule has 12 heavy (non-hydrogen) atoms. The van der Waals surface area contributed by atoms with Gasteiger partial charge in [0.2, 0.25) is 0 Å². The molecule has 0 aromatic carbocycles. The first-order chi connectivity index (χ1) is 5.38. The van der Waals surface area contributed by atoms with Crippen LogP contribution in [0.2, 0.25) is 0 Å². The third kappa shape index (κ3) is 4.52. The fraction of sp³-hybridized carbons (Fsp3) is 0.800. The number of aliphatic hydroxyl groups is 2. The van der Waals surface area contributed by atoms with Crippen molar-refractivity contribution in [3.8, 4) is 0 Å². The van der Waals surface area contributed by atoms with Crippen LogP contribution in [-0.2, 0) is 0 Å². The van der Waals surface area contributed by atoms with Crippen LogP contribution in [0.1, 0.15) is 27.7 Å². The average Bonchev–Trinajstić information content (AvgIpc) is 1.85. The summed E-state index contributed by atoms with van der Waals surface area (Å²) in [5.74, 6) is 0.293. The van der Waals surface area contributed by atoms with E-state index in [-0.39, 0.29) is 12.5 Å². The van der Waals surface area contributed by atoms with Crippen molar-refractivity contribution in [3.05, 3.63) is 12.2 Å². The van der Waals surface area contributed by atoms with Crippen LogP contribution in [0.5, 0.6) is 0 Å². The number of rotatable bonds is 4. The third-order valence-electron chi connectivity index (χ3n) is 1.83. The van der Waals surface area contributed by atoms with Gasteiger partial charge in [-0.2, -0.15) is 0 Å². The quantitative estimate of drug-likeness (QED) is 0.632. The Morgan fingerprint density at radius 1 is 1.25 bits per heavy atom. The molecule has 0 heterocycles. The maximum absolute atomic E-state index is 9.58. The van der Waals surface area contributed by atoms with Crippen LogP contribution in [0.15, 0.2) is 12.2 Å². The lowest BCUT2D eigenvalue weighted by Crippen LogP contribution is -2.31. The van der Waals surface area contributed by atoms with Crippen molar-refractivity contribution in [2.24, 2.45) is 11.8 Å². The van der Waals surface area contributed by atoms with Gasteiger partial charge >= 0.3 is 0 Å². The second-order valence-corrected chi connectivity index (χ2v) is 4.07. The largest absolute Gasteiger partial charge is 0.396 e. The summed E-state index contributed by atoms with van der Waals surface area (Å²) >= 11 is 0. The first-order valence-corrected chi connectivity index (χ1v) is 4.39. The van der Waals surface area contributed by atoms with Gasteiger partial charge in [-0.3, -0.25) is 0 Å². The summed E-state index contributed by atoms with van der Waals surface area (Å²) in [5.41, 5.74) is -0.833. The smallest absolute Gasteiger partial charge is 0.0676 e.